The Bertz CT molecular complexity index is 846. The molecule has 1 unspecified atom stereocenters. The number of ether oxygens (including phenoxy) is 2. The quantitative estimate of drug-likeness (QED) is 0.904. The van der Waals surface area contributed by atoms with Gasteiger partial charge >= 0.3 is 0 Å². The first kappa shape index (κ1) is 14.3. The summed E-state index contributed by atoms with van der Waals surface area (Å²) in [6, 6.07) is 14.7. The number of hydrogen-bond donors (Lipinski definition) is 1. The number of para-hydroxylation sites is 2. The lowest BCUT2D eigenvalue weighted by Gasteiger charge is -2.43. The van der Waals surface area contributed by atoms with E-state index >= 15 is 0 Å². The molecular weight excluding hydrogens is 314 g/mol. The third-order valence-electron chi connectivity index (χ3n) is 4.02. The molecule has 0 radical (unpaired) electrons. The van der Waals surface area contributed by atoms with Gasteiger partial charge in [-0.05, 0) is 19.1 Å². The fourth-order valence-electron chi connectivity index (χ4n) is 3.05. The second kappa shape index (κ2) is 5.11. The third kappa shape index (κ3) is 1.92. The Kier molecular flexibility index (Phi) is 3.18. The molecule has 116 valence electrons. The van der Waals surface area contributed by atoms with Gasteiger partial charge in [-0.3, -0.25) is 4.79 Å². The van der Waals surface area contributed by atoms with Crippen molar-refractivity contribution >= 4 is 23.1 Å². The number of Topliss-reactive ketones (excluding diaryl/α,β-unsaturated/α-hetero) is 1. The largest absolute Gasteiger partial charge is 0.450 e. The number of anilines is 1. The highest BCUT2D eigenvalue weighted by Gasteiger charge is 2.51. The van der Waals surface area contributed by atoms with Gasteiger partial charge in [-0.1, -0.05) is 48.0 Å². The van der Waals surface area contributed by atoms with Gasteiger partial charge in [0.1, 0.15) is 16.5 Å². The highest BCUT2D eigenvalue weighted by atomic mass is 35.5. The van der Waals surface area contributed by atoms with Crippen LogP contribution in [0.5, 0.6) is 5.75 Å². The van der Waals surface area contributed by atoms with Crippen molar-refractivity contribution in [1.82, 2.24) is 0 Å². The number of hydrogen-bond acceptors (Lipinski definition) is 4. The van der Waals surface area contributed by atoms with E-state index in [1.165, 1.54) is 0 Å². The van der Waals surface area contributed by atoms with Gasteiger partial charge in [-0.2, -0.15) is 0 Å². The van der Waals surface area contributed by atoms with Crippen molar-refractivity contribution in [3.63, 3.8) is 0 Å². The summed E-state index contributed by atoms with van der Waals surface area (Å²) in [6.07, 6.45) is 0. The number of ketones is 1. The van der Waals surface area contributed by atoms with Crippen molar-refractivity contribution in [2.24, 2.45) is 0 Å². The van der Waals surface area contributed by atoms with E-state index < -0.39 is 5.79 Å². The highest BCUT2D eigenvalue weighted by Crippen LogP contribution is 2.49. The minimum Gasteiger partial charge on any atom is -0.450 e. The summed E-state index contributed by atoms with van der Waals surface area (Å²) in [5.41, 5.74) is 2.34. The zero-order chi connectivity index (χ0) is 16.0. The zero-order valence-electron chi connectivity index (χ0n) is 12.4. The maximum atomic E-state index is 12.6. The van der Waals surface area contributed by atoms with Crippen LogP contribution in [0.3, 0.4) is 0 Å². The van der Waals surface area contributed by atoms with Gasteiger partial charge in [0.15, 0.2) is 0 Å². The lowest BCUT2D eigenvalue weighted by molar-refractivity contribution is -0.162. The van der Waals surface area contributed by atoms with E-state index in [-0.39, 0.29) is 10.8 Å². The number of rotatable bonds is 2. The van der Waals surface area contributed by atoms with E-state index in [0.29, 0.717) is 29.2 Å². The third-order valence-corrected chi connectivity index (χ3v) is 4.38. The van der Waals surface area contributed by atoms with Crippen LogP contribution < -0.4 is 10.1 Å². The van der Waals surface area contributed by atoms with Gasteiger partial charge in [0.2, 0.25) is 5.78 Å². The fourth-order valence-corrected chi connectivity index (χ4v) is 3.33. The Morgan fingerprint density at radius 2 is 1.91 bits per heavy atom. The minimum absolute atomic E-state index is 0.0895. The standard InChI is InChI=1S/C18H14ClNO3/c1-2-22-18-12-8-4-3-7-11(12)16(21)15(19)17(18)20-13-9-5-6-10-14(13)23-18/h3-10,20H,2H2,1H3. The Morgan fingerprint density at radius 3 is 2.74 bits per heavy atom. The second-order valence-corrected chi connectivity index (χ2v) is 5.71. The van der Waals surface area contributed by atoms with Crippen LogP contribution in [-0.4, -0.2) is 12.4 Å². The molecule has 1 N–H and O–H groups in total. The molecule has 1 atom stereocenters. The van der Waals surface area contributed by atoms with Gasteiger partial charge in [0.25, 0.3) is 5.79 Å². The van der Waals surface area contributed by atoms with Crippen LogP contribution in [-0.2, 0) is 10.5 Å². The normalized spacial score (nSPS) is 21.7. The lowest BCUT2D eigenvalue weighted by Crippen LogP contribution is -2.48. The molecule has 2 aromatic rings. The van der Waals surface area contributed by atoms with Crippen LogP contribution in [0.4, 0.5) is 5.69 Å². The Balaban J connectivity index is 2.02. The topological polar surface area (TPSA) is 47.6 Å². The molecule has 4 rings (SSSR count). The first-order valence-corrected chi connectivity index (χ1v) is 7.78. The van der Waals surface area contributed by atoms with E-state index in [4.69, 9.17) is 21.1 Å². The molecule has 2 aliphatic rings. The molecule has 1 heterocycles. The summed E-state index contributed by atoms with van der Waals surface area (Å²) in [7, 11) is 0. The zero-order valence-corrected chi connectivity index (χ0v) is 13.2. The van der Waals surface area contributed by atoms with E-state index in [2.05, 4.69) is 5.32 Å². The molecule has 0 amide bonds. The Hall–Kier alpha value is -2.30. The molecule has 5 heteroatoms. The van der Waals surface area contributed by atoms with Crippen molar-refractivity contribution < 1.29 is 14.3 Å². The van der Waals surface area contributed by atoms with E-state index in [1.54, 1.807) is 12.1 Å². The maximum absolute atomic E-state index is 12.6. The average Bonchev–Trinajstić information content (AvgIpc) is 2.59. The maximum Gasteiger partial charge on any atom is 0.281 e. The van der Waals surface area contributed by atoms with Gasteiger partial charge in [-0.25, -0.2) is 0 Å². The monoisotopic (exact) mass is 327 g/mol. The molecule has 1 aliphatic heterocycles. The molecule has 1 aliphatic carbocycles. The number of halogens is 1. The predicted molar refractivity (Wildman–Crippen MR) is 87.6 cm³/mol. The molecule has 0 fully saturated rings. The Morgan fingerprint density at radius 1 is 1.17 bits per heavy atom. The average molecular weight is 328 g/mol. The minimum atomic E-state index is -1.23. The van der Waals surface area contributed by atoms with Gasteiger partial charge in [0.05, 0.1) is 5.69 Å². The van der Waals surface area contributed by atoms with Crippen LogP contribution in [0.2, 0.25) is 0 Å². The lowest BCUT2D eigenvalue weighted by atomic mass is 9.87. The van der Waals surface area contributed by atoms with Crippen molar-refractivity contribution in [3.8, 4) is 5.75 Å². The van der Waals surface area contributed by atoms with Crippen molar-refractivity contribution in [3.05, 3.63) is 70.4 Å². The fraction of sp³-hybridized carbons (Fsp3) is 0.167. The van der Waals surface area contributed by atoms with Crippen LogP contribution in [0.1, 0.15) is 22.8 Å². The smallest absolute Gasteiger partial charge is 0.281 e. The molecule has 0 saturated heterocycles. The van der Waals surface area contributed by atoms with E-state index in [9.17, 15) is 4.79 Å². The summed E-state index contributed by atoms with van der Waals surface area (Å²) >= 11 is 6.37. The molecule has 23 heavy (non-hydrogen) atoms. The number of nitrogens with one attached hydrogen (secondary N) is 1. The summed E-state index contributed by atoms with van der Waals surface area (Å²) in [6.45, 7) is 2.28. The number of carbonyl (C=O) groups is 1. The SMILES string of the molecule is CCOC12Oc3ccccc3NC1=C(Cl)C(=O)c1ccccc12. The van der Waals surface area contributed by atoms with Crippen molar-refractivity contribution in [1.29, 1.82) is 0 Å². The number of carbonyl (C=O) groups excluding carboxylic acids is 1. The summed E-state index contributed by atoms with van der Waals surface area (Å²) in [4.78, 5) is 12.6. The highest BCUT2D eigenvalue weighted by molar-refractivity contribution is 6.46. The van der Waals surface area contributed by atoms with Gasteiger partial charge in [0, 0.05) is 17.7 Å². The first-order chi connectivity index (χ1) is 11.2. The molecule has 0 spiro atoms. The molecule has 4 nitrogen and oxygen atoms in total. The second-order valence-electron chi connectivity index (χ2n) is 5.34. The summed E-state index contributed by atoms with van der Waals surface area (Å²) in [5, 5.41) is 3.31. The molecular formula is C18H14ClNO3. The Labute approximate surface area is 138 Å². The van der Waals surface area contributed by atoms with Crippen LogP contribution >= 0.6 is 11.6 Å². The predicted octanol–water partition coefficient (Wildman–Crippen LogP) is 4.03. The molecule has 0 aromatic heterocycles. The first-order valence-electron chi connectivity index (χ1n) is 7.41. The molecule has 0 saturated carbocycles. The number of benzene rings is 2. The summed E-state index contributed by atoms with van der Waals surface area (Å²) in [5.74, 6) is -0.814. The van der Waals surface area contributed by atoms with E-state index in [0.717, 1.165) is 5.69 Å². The van der Waals surface area contributed by atoms with Crippen molar-refractivity contribution in [2.75, 3.05) is 11.9 Å². The van der Waals surface area contributed by atoms with Crippen LogP contribution in [0, 0.1) is 0 Å². The van der Waals surface area contributed by atoms with Crippen LogP contribution in [0.15, 0.2) is 59.3 Å². The van der Waals surface area contributed by atoms with Crippen LogP contribution in [0.25, 0.3) is 0 Å². The van der Waals surface area contributed by atoms with E-state index in [1.807, 2.05) is 43.3 Å². The van der Waals surface area contributed by atoms with Gasteiger partial charge in [-0.15, -0.1) is 0 Å². The number of allylic oxidation sites excluding steroid dienone is 1. The molecule has 0 bridgehead atoms. The number of fused-ring (bicyclic) bond motifs is 4. The molecule has 2 aromatic carbocycles. The van der Waals surface area contributed by atoms with Gasteiger partial charge < -0.3 is 14.8 Å². The summed E-state index contributed by atoms with van der Waals surface area (Å²) < 4.78 is 12.2. The van der Waals surface area contributed by atoms with Crippen molar-refractivity contribution in [2.45, 2.75) is 12.7 Å².